The summed E-state index contributed by atoms with van der Waals surface area (Å²) >= 11 is 0. The van der Waals surface area contributed by atoms with Crippen LogP contribution in [0.3, 0.4) is 0 Å². The van der Waals surface area contributed by atoms with E-state index in [1.54, 1.807) is 0 Å². The van der Waals surface area contributed by atoms with Crippen LogP contribution >= 0.6 is 0 Å². The SMILES string of the molecule is CC1=CC(C)=C(CNC(=O)c2cc(C3CC3)nc3c2c(C)nn3C(C)C)C(=O)C1. The Morgan fingerprint density at radius 3 is 2.62 bits per heavy atom. The maximum Gasteiger partial charge on any atom is 0.252 e. The molecule has 1 saturated carbocycles. The second kappa shape index (κ2) is 7.25. The van der Waals surface area contributed by atoms with Crippen molar-refractivity contribution in [1.82, 2.24) is 20.1 Å². The molecule has 0 unspecified atom stereocenters. The number of allylic oxidation sites excluding steroid dienone is 3. The molecule has 4 rings (SSSR count). The predicted octanol–water partition coefficient (Wildman–Crippen LogP) is 4.16. The van der Waals surface area contributed by atoms with Gasteiger partial charge in [-0.15, -0.1) is 0 Å². The van der Waals surface area contributed by atoms with Gasteiger partial charge in [0.25, 0.3) is 5.91 Å². The highest BCUT2D eigenvalue weighted by atomic mass is 16.2. The molecule has 0 bridgehead atoms. The summed E-state index contributed by atoms with van der Waals surface area (Å²) in [7, 11) is 0. The fourth-order valence-corrected chi connectivity index (χ4v) is 4.05. The molecule has 6 nitrogen and oxygen atoms in total. The van der Waals surface area contributed by atoms with Crippen molar-refractivity contribution >= 4 is 22.7 Å². The molecule has 1 amide bonds. The van der Waals surface area contributed by atoms with E-state index in [2.05, 4.69) is 24.3 Å². The van der Waals surface area contributed by atoms with Crippen LogP contribution in [-0.4, -0.2) is 33.0 Å². The number of nitrogens with zero attached hydrogens (tertiary/aromatic N) is 3. The summed E-state index contributed by atoms with van der Waals surface area (Å²) in [5.74, 6) is 0.343. The van der Waals surface area contributed by atoms with Crippen molar-refractivity contribution in [3.8, 4) is 0 Å². The Labute approximate surface area is 171 Å². The number of aryl methyl sites for hydroxylation is 1. The Kier molecular flexibility index (Phi) is 4.89. The molecule has 0 aliphatic heterocycles. The lowest BCUT2D eigenvalue weighted by Gasteiger charge is -2.16. The molecular formula is C23H28N4O2. The van der Waals surface area contributed by atoms with Gasteiger partial charge in [-0.2, -0.15) is 5.10 Å². The van der Waals surface area contributed by atoms with Gasteiger partial charge < -0.3 is 5.32 Å². The molecular weight excluding hydrogens is 364 g/mol. The predicted molar refractivity (Wildman–Crippen MR) is 113 cm³/mol. The number of Topliss-reactive ketones (excluding diaryl/α,β-unsaturated/α-hetero) is 1. The molecule has 1 fully saturated rings. The molecule has 2 aliphatic rings. The summed E-state index contributed by atoms with van der Waals surface area (Å²) in [6.45, 7) is 10.2. The van der Waals surface area contributed by atoms with Crippen molar-refractivity contribution in [1.29, 1.82) is 0 Å². The summed E-state index contributed by atoms with van der Waals surface area (Å²) < 4.78 is 1.90. The average Bonchev–Trinajstić information content (AvgIpc) is 3.44. The molecule has 6 heteroatoms. The van der Waals surface area contributed by atoms with Crippen LogP contribution in [0.15, 0.2) is 28.9 Å². The number of hydrogen-bond donors (Lipinski definition) is 1. The Morgan fingerprint density at radius 1 is 1.28 bits per heavy atom. The van der Waals surface area contributed by atoms with Gasteiger partial charge in [0.1, 0.15) is 0 Å². The van der Waals surface area contributed by atoms with Crippen LogP contribution in [0.4, 0.5) is 0 Å². The van der Waals surface area contributed by atoms with Crippen molar-refractivity contribution in [2.24, 2.45) is 0 Å². The van der Waals surface area contributed by atoms with Gasteiger partial charge in [-0.1, -0.05) is 11.6 Å². The number of rotatable bonds is 5. The second-order valence-electron chi connectivity index (χ2n) is 8.63. The zero-order chi connectivity index (χ0) is 20.9. The van der Waals surface area contributed by atoms with E-state index in [9.17, 15) is 9.59 Å². The van der Waals surface area contributed by atoms with Gasteiger partial charge in [-0.25, -0.2) is 9.67 Å². The maximum atomic E-state index is 13.2. The minimum atomic E-state index is -0.176. The number of carbonyl (C=O) groups is 2. The van der Waals surface area contributed by atoms with Crippen molar-refractivity contribution in [2.45, 2.75) is 65.8 Å². The molecule has 0 aromatic carbocycles. The van der Waals surface area contributed by atoms with E-state index in [4.69, 9.17) is 4.98 Å². The number of carbonyl (C=O) groups excluding carboxylic acids is 2. The van der Waals surface area contributed by atoms with Gasteiger partial charge in [-0.3, -0.25) is 9.59 Å². The van der Waals surface area contributed by atoms with Crippen LogP contribution in [0.2, 0.25) is 0 Å². The summed E-state index contributed by atoms with van der Waals surface area (Å²) in [5, 5.41) is 8.42. The standard InChI is InChI=1S/C23H28N4O2/c1-12(2)27-22-21(15(5)26-27)17(10-19(25-22)16-6-7-16)23(29)24-11-18-14(4)8-13(3)9-20(18)28/h8,10,12,16H,6-7,9,11H2,1-5H3,(H,24,29). The molecule has 2 aromatic heterocycles. The van der Waals surface area contributed by atoms with Gasteiger partial charge in [0, 0.05) is 36.2 Å². The molecule has 2 heterocycles. The number of amides is 1. The first kappa shape index (κ1) is 19.6. The first-order valence-electron chi connectivity index (χ1n) is 10.3. The largest absolute Gasteiger partial charge is 0.348 e. The number of pyridine rings is 1. The van der Waals surface area contributed by atoms with E-state index in [1.165, 1.54) is 0 Å². The van der Waals surface area contributed by atoms with Crippen LogP contribution in [-0.2, 0) is 4.79 Å². The lowest BCUT2D eigenvalue weighted by molar-refractivity contribution is -0.115. The van der Waals surface area contributed by atoms with Crippen LogP contribution in [0.5, 0.6) is 0 Å². The first-order valence-corrected chi connectivity index (χ1v) is 10.3. The third-order valence-corrected chi connectivity index (χ3v) is 5.73. The summed E-state index contributed by atoms with van der Waals surface area (Å²) in [5.41, 5.74) is 5.82. The Balaban J connectivity index is 1.70. The topological polar surface area (TPSA) is 76.9 Å². The highest BCUT2D eigenvalue weighted by Crippen LogP contribution is 2.40. The van der Waals surface area contributed by atoms with Crippen LogP contribution in [0.1, 0.15) is 80.7 Å². The fourth-order valence-electron chi connectivity index (χ4n) is 4.05. The number of hydrogen-bond acceptors (Lipinski definition) is 4. The van der Waals surface area contributed by atoms with Crippen LogP contribution in [0, 0.1) is 6.92 Å². The fraction of sp³-hybridized carbons (Fsp3) is 0.478. The van der Waals surface area contributed by atoms with Gasteiger partial charge in [0.05, 0.1) is 16.6 Å². The molecule has 0 saturated heterocycles. The minimum absolute atomic E-state index is 0.0881. The number of aromatic nitrogens is 3. The third-order valence-electron chi connectivity index (χ3n) is 5.73. The van der Waals surface area contributed by atoms with Crippen LogP contribution < -0.4 is 5.32 Å². The number of fused-ring (bicyclic) bond motifs is 1. The lowest BCUT2D eigenvalue weighted by atomic mass is 9.92. The number of ketones is 1. The highest BCUT2D eigenvalue weighted by molar-refractivity contribution is 6.07. The summed E-state index contributed by atoms with van der Waals surface area (Å²) in [4.78, 5) is 30.4. The molecule has 0 radical (unpaired) electrons. The Bertz CT molecular complexity index is 1080. The van der Waals surface area contributed by atoms with Crippen molar-refractivity contribution in [3.63, 3.8) is 0 Å². The average molecular weight is 393 g/mol. The summed E-state index contributed by atoms with van der Waals surface area (Å²) in [6.07, 6.45) is 4.67. The minimum Gasteiger partial charge on any atom is -0.348 e. The second-order valence-corrected chi connectivity index (χ2v) is 8.63. The van der Waals surface area contributed by atoms with E-state index in [1.807, 2.05) is 37.6 Å². The van der Waals surface area contributed by atoms with E-state index in [-0.39, 0.29) is 24.3 Å². The van der Waals surface area contributed by atoms with E-state index < -0.39 is 0 Å². The Morgan fingerprint density at radius 2 is 2.00 bits per heavy atom. The van der Waals surface area contributed by atoms with Gasteiger partial charge >= 0.3 is 0 Å². The van der Waals surface area contributed by atoms with E-state index >= 15 is 0 Å². The monoisotopic (exact) mass is 392 g/mol. The van der Waals surface area contributed by atoms with Crippen molar-refractivity contribution in [2.75, 3.05) is 6.54 Å². The quantitative estimate of drug-likeness (QED) is 0.829. The zero-order valence-corrected chi connectivity index (χ0v) is 17.8. The van der Waals surface area contributed by atoms with E-state index in [0.717, 1.165) is 46.4 Å². The molecule has 0 spiro atoms. The Hall–Kier alpha value is -2.76. The molecule has 0 atom stereocenters. The highest BCUT2D eigenvalue weighted by Gasteiger charge is 2.29. The molecule has 2 aromatic rings. The number of nitrogens with one attached hydrogen (secondary N) is 1. The first-order chi connectivity index (χ1) is 13.8. The normalized spacial score (nSPS) is 17.3. The smallest absolute Gasteiger partial charge is 0.252 e. The maximum absolute atomic E-state index is 13.2. The summed E-state index contributed by atoms with van der Waals surface area (Å²) in [6, 6.07) is 2.08. The molecule has 152 valence electrons. The lowest BCUT2D eigenvalue weighted by Crippen LogP contribution is -2.29. The third kappa shape index (κ3) is 3.63. The van der Waals surface area contributed by atoms with E-state index in [0.29, 0.717) is 23.5 Å². The molecule has 1 N–H and O–H groups in total. The van der Waals surface area contributed by atoms with Gasteiger partial charge in [0.2, 0.25) is 0 Å². The zero-order valence-electron chi connectivity index (χ0n) is 17.8. The van der Waals surface area contributed by atoms with Crippen molar-refractivity contribution < 1.29 is 9.59 Å². The molecule has 2 aliphatic carbocycles. The molecule has 29 heavy (non-hydrogen) atoms. The van der Waals surface area contributed by atoms with Crippen LogP contribution in [0.25, 0.3) is 11.0 Å². The van der Waals surface area contributed by atoms with Gasteiger partial charge in [-0.05, 0) is 59.1 Å². The van der Waals surface area contributed by atoms with Gasteiger partial charge in [0.15, 0.2) is 11.4 Å². The van der Waals surface area contributed by atoms with Crippen molar-refractivity contribution in [3.05, 3.63) is 45.8 Å².